The van der Waals surface area contributed by atoms with Gasteiger partial charge in [0.15, 0.2) is 10.1 Å². The first-order valence-electron chi connectivity index (χ1n) is 6.76. The number of hydrogen-bond donors (Lipinski definition) is 0. The van der Waals surface area contributed by atoms with Crippen molar-refractivity contribution in [3.63, 3.8) is 0 Å². The lowest BCUT2D eigenvalue weighted by Gasteiger charge is -2.09. The van der Waals surface area contributed by atoms with Gasteiger partial charge in [0.05, 0.1) is 5.25 Å². The first-order valence-corrected chi connectivity index (χ1v) is 8.46. The van der Waals surface area contributed by atoms with E-state index in [4.69, 9.17) is 0 Å². The molecule has 1 aromatic heterocycles. The molecule has 3 nitrogen and oxygen atoms in total. The molecule has 0 saturated heterocycles. The highest BCUT2D eigenvalue weighted by Crippen LogP contribution is 2.29. The van der Waals surface area contributed by atoms with Gasteiger partial charge in [-0.1, -0.05) is 35.2 Å². The van der Waals surface area contributed by atoms with Crippen molar-refractivity contribution in [3.05, 3.63) is 39.9 Å². The standard InChI is InChI=1S/C15H16N2OS2/c1-9(19-15-17-16-10(2)20-15)14(18)13-7-6-11-4-3-5-12(11)8-13/h6-9H,3-5H2,1-2H3. The van der Waals surface area contributed by atoms with Crippen LogP contribution < -0.4 is 0 Å². The molecule has 1 atom stereocenters. The fraction of sp³-hybridized carbons (Fsp3) is 0.400. The molecule has 1 aromatic carbocycles. The molecule has 0 bridgehead atoms. The Morgan fingerprint density at radius 1 is 1.30 bits per heavy atom. The van der Waals surface area contributed by atoms with Crippen molar-refractivity contribution in [2.24, 2.45) is 0 Å². The molecule has 0 aliphatic heterocycles. The van der Waals surface area contributed by atoms with Gasteiger partial charge in [0.1, 0.15) is 5.01 Å². The second kappa shape index (κ2) is 5.66. The highest BCUT2D eigenvalue weighted by Gasteiger charge is 2.20. The minimum Gasteiger partial charge on any atom is -0.293 e. The molecular weight excluding hydrogens is 288 g/mol. The van der Waals surface area contributed by atoms with E-state index in [1.807, 2.05) is 19.9 Å². The lowest BCUT2D eigenvalue weighted by atomic mass is 10.0. The molecule has 3 rings (SSSR count). The van der Waals surface area contributed by atoms with Crippen LogP contribution in [0.5, 0.6) is 0 Å². The molecule has 20 heavy (non-hydrogen) atoms. The van der Waals surface area contributed by atoms with Gasteiger partial charge in [0.2, 0.25) is 0 Å². The number of thioether (sulfide) groups is 1. The lowest BCUT2D eigenvalue weighted by molar-refractivity contribution is 0.0994. The van der Waals surface area contributed by atoms with Crippen LogP contribution in [0.3, 0.4) is 0 Å². The fourth-order valence-corrected chi connectivity index (χ4v) is 4.53. The van der Waals surface area contributed by atoms with Gasteiger partial charge in [-0.15, -0.1) is 10.2 Å². The molecule has 2 aromatic rings. The Hall–Kier alpha value is -1.20. The fourth-order valence-electron chi connectivity index (χ4n) is 2.49. The van der Waals surface area contributed by atoms with E-state index in [1.165, 1.54) is 40.6 Å². The minimum atomic E-state index is -0.123. The number of fused-ring (bicyclic) bond motifs is 1. The van der Waals surface area contributed by atoms with Crippen molar-refractivity contribution in [2.75, 3.05) is 0 Å². The smallest absolute Gasteiger partial charge is 0.175 e. The zero-order valence-corrected chi connectivity index (χ0v) is 13.2. The van der Waals surface area contributed by atoms with E-state index in [1.54, 1.807) is 0 Å². The third kappa shape index (κ3) is 2.79. The SMILES string of the molecule is Cc1nnc(SC(C)C(=O)c2ccc3c(c2)CCC3)s1. The summed E-state index contributed by atoms with van der Waals surface area (Å²) in [6.07, 6.45) is 3.47. The van der Waals surface area contributed by atoms with Crippen molar-refractivity contribution in [2.45, 2.75) is 42.7 Å². The molecule has 1 unspecified atom stereocenters. The first-order chi connectivity index (χ1) is 9.63. The van der Waals surface area contributed by atoms with Crippen LogP contribution in [-0.2, 0) is 12.8 Å². The van der Waals surface area contributed by atoms with Crippen molar-refractivity contribution in [1.29, 1.82) is 0 Å². The molecule has 0 saturated carbocycles. The van der Waals surface area contributed by atoms with Crippen LogP contribution in [0.2, 0.25) is 0 Å². The largest absolute Gasteiger partial charge is 0.293 e. The predicted octanol–water partition coefficient (Wildman–Crippen LogP) is 3.70. The highest BCUT2D eigenvalue weighted by molar-refractivity contribution is 8.02. The molecule has 0 radical (unpaired) electrons. The molecular formula is C15H16N2OS2. The monoisotopic (exact) mass is 304 g/mol. The van der Waals surface area contributed by atoms with Gasteiger partial charge < -0.3 is 0 Å². The number of hydrogen-bond acceptors (Lipinski definition) is 5. The summed E-state index contributed by atoms with van der Waals surface area (Å²) in [4.78, 5) is 12.5. The van der Waals surface area contributed by atoms with E-state index < -0.39 is 0 Å². The van der Waals surface area contributed by atoms with E-state index in [0.29, 0.717) is 0 Å². The number of rotatable bonds is 4. The second-order valence-electron chi connectivity index (χ2n) is 5.05. The summed E-state index contributed by atoms with van der Waals surface area (Å²) in [7, 11) is 0. The number of ketones is 1. The van der Waals surface area contributed by atoms with Crippen LogP contribution in [0.15, 0.2) is 22.5 Å². The number of aryl methyl sites for hydroxylation is 3. The van der Waals surface area contributed by atoms with Crippen LogP contribution in [-0.4, -0.2) is 21.2 Å². The number of benzene rings is 1. The molecule has 0 amide bonds. The second-order valence-corrected chi connectivity index (χ2v) is 7.82. The maximum Gasteiger partial charge on any atom is 0.175 e. The van der Waals surface area contributed by atoms with E-state index in [9.17, 15) is 4.79 Å². The van der Waals surface area contributed by atoms with Gasteiger partial charge in [0, 0.05) is 5.56 Å². The zero-order chi connectivity index (χ0) is 14.1. The van der Waals surface area contributed by atoms with Gasteiger partial charge in [-0.2, -0.15) is 0 Å². The first kappa shape index (κ1) is 13.8. The lowest BCUT2D eigenvalue weighted by Crippen LogP contribution is -2.13. The Morgan fingerprint density at radius 2 is 2.10 bits per heavy atom. The Kier molecular flexibility index (Phi) is 3.89. The molecule has 1 aliphatic rings. The maximum absolute atomic E-state index is 12.5. The molecule has 0 N–H and O–H groups in total. The summed E-state index contributed by atoms with van der Waals surface area (Å²) in [5.74, 6) is 0.178. The van der Waals surface area contributed by atoms with Crippen molar-refractivity contribution in [3.8, 4) is 0 Å². The van der Waals surface area contributed by atoms with Crippen molar-refractivity contribution in [1.82, 2.24) is 10.2 Å². The number of Topliss-reactive ketones (excluding diaryl/α,β-unsaturated/α-hetero) is 1. The normalized spacial score (nSPS) is 15.1. The summed E-state index contributed by atoms with van der Waals surface area (Å²) in [6.45, 7) is 3.87. The third-order valence-electron chi connectivity index (χ3n) is 3.54. The van der Waals surface area contributed by atoms with Gasteiger partial charge >= 0.3 is 0 Å². The molecule has 0 fully saturated rings. The Bertz CT molecular complexity index is 651. The van der Waals surface area contributed by atoms with Gasteiger partial charge in [-0.3, -0.25) is 4.79 Å². The Morgan fingerprint density at radius 3 is 2.85 bits per heavy atom. The van der Waals surface area contributed by atoms with Gasteiger partial charge in [0.25, 0.3) is 0 Å². The summed E-state index contributed by atoms with van der Waals surface area (Å²) in [5.41, 5.74) is 3.58. The summed E-state index contributed by atoms with van der Waals surface area (Å²) < 4.78 is 0.865. The van der Waals surface area contributed by atoms with Crippen molar-refractivity contribution < 1.29 is 4.79 Å². The molecule has 5 heteroatoms. The quantitative estimate of drug-likeness (QED) is 0.638. The number of carbonyl (C=O) groups excluding carboxylic acids is 1. The highest BCUT2D eigenvalue weighted by atomic mass is 32.2. The van der Waals surface area contributed by atoms with E-state index in [0.717, 1.165) is 27.8 Å². The summed E-state index contributed by atoms with van der Waals surface area (Å²) in [6, 6.07) is 6.16. The van der Waals surface area contributed by atoms with Crippen LogP contribution in [0.4, 0.5) is 0 Å². The topological polar surface area (TPSA) is 42.9 Å². The molecule has 104 valence electrons. The van der Waals surface area contributed by atoms with Gasteiger partial charge in [-0.05, 0) is 50.3 Å². The molecule has 1 heterocycles. The van der Waals surface area contributed by atoms with E-state index in [2.05, 4.69) is 22.3 Å². The zero-order valence-electron chi connectivity index (χ0n) is 11.5. The number of nitrogens with zero attached hydrogens (tertiary/aromatic N) is 2. The van der Waals surface area contributed by atoms with Crippen LogP contribution in [0, 0.1) is 6.92 Å². The Labute approximate surface area is 126 Å². The summed E-state index contributed by atoms with van der Waals surface area (Å²) in [5, 5.41) is 8.87. The van der Waals surface area contributed by atoms with Crippen LogP contribution in [0.1, 0.15) is 39.8 Å². The maximum atomic E-state index is 12.5. The molecule has 0 spiro atoms. The Balaban J connectivity index is 1.74. The third-order valence-corrected chi connectivity index (χ3v) is 5.56. The number of aromatic nitrogens is 2. The van der Waals surface area contributed by atoms with Crippen molar-refractivity contribution >= 4 is 28.9 Å². The van der Waals surface area contributed by atoms with E-state index >= 15 is 0 Å². The number of carbonyl (C=O) groups is 1. The van der Waals surface area contributed by atoms with Crippen LogP contribution in [0.25, 0.3) is 0 Å². The average molecular weight is 304 g/mol. The predicted molar refractivity (Wildman–Crippen MR) is 82.8 cm³/mol. The van der Waals surface area contributed by atoms with E-state index in [-0.39, 0.29) is 11.0 Å². The summed E-state index contributed by atoms with van der Waals surface area (Å²) >= 11 is 3.03. The van der Waals surface area contributed by atoms with Gasteiger partial charge in [-0.25, -0.2) is 0 Å². The average Bonchev–Trinajstić information content (AvgIpc) is 3.05. The van der Waals surface area contributed by atoms with Crippen LogP contribution >= 0.6 is 23.1 Å². The molecule has 1 aliphatic carbocycles. The minimum absolute atomic E-state index is 0.123.